The van der Waals surface area contributed by atoms with Gasteiger partial charge in [0.1, 0.15) is 5.52 Å². The molecule has 1 aliphatic rings. The maximum absolute atomic E-state index is 11.2. The van der Waals surface area contributed by atoms with E-state index in [4.69, 9.17) is 10.3 Å². The van der Waals surface area contributed by atoms with Gasteiger partial charge in [-0.15, -0.1) is 16.9 Å². The van der Waals surface area contributed by atoms with Gasteiger partial charge in [-0.1, -0.05) is 12.1 Å². The maximum Gasteiger partial charge on any atom is 0.322 e. The van der Waals surface area contributed by atoms with Crippen molar-refractivity contribution in [1.82, 2.24) is 20.6 Å². The average molecular weight is 307 g/mol. The van der Waals surface area contributed by atoms with Gasteiger partial charge in [0.2, 0.25) is 0 Å². The number of hydrogen-bond donors (Lipinski definition) is 2. The topological polar surface area (TPSA) is 97.3 Å². The van der Waals surface area contributed by atoms with E-state index in [1.54, 1.807) is 29.9 Å². The molecule has 0 saturated carbocycles. The first-order valence-corrected chi connectivity index (χ1v) is 7.40. The summed E-state index contributed by atoms with van der Waals surface area (Å²) < 4.78 is 4.76. The number of rotatable bonds is 2. The number of amides is 2. The highest BCUT2D eigenvalue weighted by Gasteiger charge is 2.23. The van der Waals surface area contributed by atoms with E-state index in [0.717, 1.165) is 17.5 Å². The van der Waals surface area contributed by atoms with Crippen molar-refractivity contribution in [2.45, 2.75) is 11.8 Å². The maximum atomic E-state index is 11.2. The van der Waals surface area contributed by atoms with Gasteiger partial charge in [0.25, 0.3) is 0 Å². The van der Waals surface area contributed by atoms with Crippen molar-refractivity contribution in [2.75, 3.05) is 13.6 Å². The zero-order valence-electron chi connectivity index (χ0n) is 11.6. The molecule has 7 nitrogen and oxygen atoms in total. The molecule has 1 atom stereocenters. The number of nitrogens with two attached hydrogens (primary N) is 1. The fourth-order valence-corrected chi connectivity index (χ4v) is 2.71. The Morgan fingerprint density at radius 3 is 3.05 bits per heavy atom. The fourth-order valence-electron chi connectivity index (χ4n) is 1.76. The minimum Gasteiger partial charge on any atom is -0.341 e. The van der Waals surface area contributed by atoms with Crippen LogP contribution in [0.25, 0.3) is 11.1 Å². The van der Waals surface area contributed by atoms with Crippen LogP contribution in [-0.4, -0.2) is 40.3 Å². The van der Waals surface area contributed by atoms with Crippen LogP contribution in [0, 0.1) is 0 Å². The number of benzene rings is 1. The Labute approximate surface area is 126 Å². The summed E-state index contributed by atoms with van der Waals surface area (Å²) in [5.41, 5.74) is 6.95. The van der Waals surface area contributed by atoms with Crippen LogP contribution in [0.15, 0.2) is 40.4 Å². The van der Waals surface area contributed by atoms with Gasteiger partial charge in [-0.2, -0.15) is 0 Å². The molecular formula is C13H17N5O2S. The van der Waals surface area contributed by atoms with Crippen LogP contribution in [0.5, 0.6) is 0 Å². The Bertz CT molecular complexity index is 585. The molecule has 0 saturated heterocycles. The molecule has 1 aromatic heterocycles. The number of hydrogen-bond acceptors (Lipinski definition) is 6. The summed E-state index contributed by atoms with van der Waals surface area (Å²) in [6.07, 6.45) is 2.61. The molecule has 0 aliphatic carbocycles. The van der Waals surface area contributed by atoms with Gasteiger partial charge in [0.15, 0.2) is 5.58 Å². The predicted octanol–water partition coefficient (Wildman–Crippen LogP) is 1.74. The summed E-state index contributed by atoms with van der Waals surface area (Å²) in [4.78, 5) is 12.9. The third kappa shape index (κ3) is 3.96. The van der Waals surface area contributed by atoms with Crippen LogP contribution in [0.2, 0.25) is 0 Å². The molecule has 2 heterocycles. The second-order valence-corrected chi connectivity index (χ2v) is 5.24. The van der Waals surface area contributed by atoms with E-state index in [2.05, 4.69) is 15.7 Å². The van der Waals surface area contributed by atoms with Crippen LogP contribution >= 0.6 is 11.8 Å². The van der Waals surface area contributed by atoms with Gasteiger partial charge in [-0.05, 0) is 30.5 Å². The van der Waals surface area contributed by atoms with E-state index in [1.807, 2.05) is 29.7 Å². The molecule has 3 rings (SSSR count). The van der Waals surface area contributed by atoms with Crippen LogP contribution in [-0.2, 0) is 0 Å². The molecule has 112 valence electrons. The number of carbonyl (C=O) groups excluding carboxylic acids is 1. The molecule has 1 unspecified atom stereocenters. The normalized spacial score (nSPS) is 16.7. The molecule has 0 spiro atoms. The summed E-state index contributed by atoms with van der Waals surface area (Å²) in [6, 6.07) is 7.39. The SMILES string of the molecule is CNC(=O)N1C=CSC1CCN.c1ccc2onnc2c1. The summed E-state index contributed by atoms with van der Waals surface area (Å²) in [5.74, 6) is 0. The lowest BCUT2D eigenvalue weighted by Gasteiger charge is -2.21. The monoisotopic (exact) mass is 307 g/mol. The van der Waals surface area contributed by atoms with Gasteiger partial charge < -0.3 is 15.6 Å². The van der Waals surface area contributed by atoms with Crippen LogP contribution < -0.4 is 11.1 Å². The smallest absolute Gasteiger partial charge is 0.322 e. The quantitative estimate of drug-likeness (QED) is 0.877. The minimum absolute atomic E-state index is 0.0744. The molecule has 0 bridgehead atoms. The van der Waals surface area contributed by atoms with Gasteiger partial charge in [-0.3, -0.25) is 4.90 Å². The Morgan fingerprint density at radius 1 is 1.52 bits per heavy atom. The molecule has 8 heteroatoms. The van der Waals surface area contributed by atoms with E-state index in [1.165, 1.54) is 0 Å². The van der Waals surface area contributed by atoms with E-state index in [9.17, 15) is 4.79 Å². The molecular weight excluding hydrogens is 290 g/mol. The molecule has 0 fully saturated rings. The molecule has 2 aromatic rings. The molecule has 3 N–H and O–H groups in total. The lowest BCUT2D eigenvalue weighted by Crippen LogP contribution is -2.38. The van der Waals surface area contributed by atoms with Crippen molar-refractivity contribution in [1.29, 1.82) is 0 Å². The van der Waals surface area contributed by atoms with Gasteiger partial charge in [0.05, 0.1) is 5.37 Å². The first-order chi connectivity index (χ1) is 10.3. The number of para-hydroxylation sites is 1. The van der Waals surface area contributed by atoms with Crippen molar-refractivity contribution >= 4 is 28.9 Å². The number of aromatic nitrogens is 2. The highest BCUT2D eigenvalue weighted by atomic mass is 32.2. The molecule has 21 heavy (non-hydrogen) atoms. The highest BCUT2D eigenvalue weighted by Crippen LogP contribution is 2.26. The summed E-state index contributed by atoms with van der Waals surface area (Å²) >= 11 is 1.62. The number of nitrogens with zero attached hydrogens (tertiary/aromatic N) is 3. The Hall–Kier alpha value is -2.06. The van der Waals surface area contributed by atoms with Crippen molar-refractivity contribution in [3.05, 3.63) is 35.9 Å². The largest absolute Gasteiger partial charge is 0.341 e. The summed E-state index contributed by atoms with van der Waals surface area (Å²) in [6.45, 7) is 0.604. The first-order valence-electron chi connectivity index (χ1n) is 6.45. The summed E-state index contributed by atoms with van der Waals surface area (Å²) in [7, 11) is 1.62. The third-order valence-corrected chi connectivity index (χ3v) is 3.84. The van der Waals surface area contributed by atoms with E-state index in [-0.39, 0.29) is 11.4 Å². The molecule has 1 aliphatic heterocycles. The van der Waals surface area contributed by atoms with Crippen LogP contribution in [0.4, 0.5) is 4.79 Å². The summed E-state index contributed by atoms with van der Waals surface area (Å²) in [5, 5.41) is 11.7. The number of carbonyl (C=O) groups is 1. The number of thioether (sulfide) groups is 1. The second-order valence-electron chi connectivity index (χ2n) is 4.16. The lowest BCUT2D eigenvalue weighted by atomic mass is 10.3. The highest BCUT2D eigenvalue weighted by molar-refractivity contribution is 8.02. The zero-order valence-corrected chi connectivity index (χ0v) is 12.4. The Kier molecular flexibility index (Phi) is 5.59. The van der Waals surface area contributed by atoms with E-state index >= 15 is 0 Å². The number of urea groups is 1. The van der Waals surface area contributed by atoms with Crippen molar-refractivity contribution in [3.63, 3.8) is 0 Å². The second kappa shape index (κ2) is 7.65. The van der Waals surface area contributed by atoms with Gasteiger partial charge in [0, 0.05) is 18.5 Å². The minimum atomic E-state index is -0.0744. The first kappa shape index (κ1) is 15.3. The fraction of sp³-hybridized carbons (Fsp3) is 0.308. The average Bonchev–Trinajstić information content (AvgIpc) is 3.16. The lowest BCUT2D eigenvalue weighted by molar-refractivity contribution is 0.214. The molecule has 0 radical (unpaired) electrons. The van der Waals surface area contributed by atoms with Gasteiger partial charge in [-0.25, -0.2) is 4.79 Å². The van der Waals surface area contributed by atoms with Crippen molar-refractivity contribution in [3.8, 4) is 0 Å². The Morgan fingerprint density at radius 2 is 2.33 bits per heavy atom. The third-order valence-electron chi connectivity index (χ3n) is 2.78. The Balaban J connectivity index is 0.000000159. The van der Waals surface area contributed by atoms with Gasteiger partial charge >= 0.3 is 6.03 Å². The van der Waals surface area contributed by atoms with Crippen LogP contribution in [0.3, 0.4) is 0 Å². The molecule has 1 aromatic carbocycles. The standard InChI is InChI=1S/C7H13N3OS.C6H4N2O/c1-9-7(11)10-4-5-12-6(10)2-3-8;1-2-4-6-5(3-1)7-8-9-6/h4-6H,2-3,8H2,1H3,(H,9,11);1-4H. The zero-order chi connectivity index (χ0) is 15.1. The molecule has 2 amide bonds. The predicted molar refractivity (Wildman–Crippen MR) is 82.3 cm³/mol. The van der Waals surface area contributed by atoms with E-state index in [0.29, 0.717) is 6.54 Å². The van der Waals surface area contributed by atoms with E-state index < -0.39 is 0 Å². The number of nitrogens with one attached hydrogen (secondary N) is 1. The number of fused-ring (bicyclic) bond motifs is 1. The van der Waals surface area contributed by atoms with Crippen molar-refractivity contribution in [2.24, 2.45) is 5.73 Å². The van der Waals surface area contributed by atoms with Crippen LogP contribution in [0.1, 0.15) is 6.42 Å². The van der Waals surface area contributed by atoms with Crippen molar-refractivity contribution < 1.29 is 9.32 Å².